The second-order valence-corrected chi connectivity index (χ2v) is 6.03. The molecule has 1 unspecified atom stereocenters. The Hall–Kier alpha value is -2.10. The number of aromatic nitrogens is 2. The Morgan fingerprint density at radius 2 is 1.76 bits per heavy atom. The zero-order valence-corrected chi connectivity index (χ0v) is 12.9. The van der Waals surface area contributed by atoms with E-state index in [4.69, 9.17) is 5.73 Å². The van der Waals surface area contributed by atoms with Crippen molar-refractivity contribution in [1.82, 2.24) is 10.2 Å². The van der Waals surface area contributed by atoms with E-state index in [1.165, 1.54) is 12.8 Å². The van der Waals surface area contributed by atoms with Gasteiger partial charge >= 0.3 is 0 Å². The average molecular weight is 282 g/mol. The van der Waals surface area contributed by atoms with Crippen LogP contribution in [0.2, 0.25) is 0 Å². The van der Waals surface area contributed by atoms with E-state index in [-0.39, 0.29) is 0 Å². The van der Waals surface area contributed by atoms with Crippen LogP contribution in [0.1, 0.15) is 32.3 Å². The summed E-state index contributed by atoms with van der Waals surface area (Å²) in [6, 6.07) is 11.1. The maximum absolute atomic E-state index is 5.87. The van der Waals surface area contributed by atoms with E-state index in [2.05, 4.69) is 41.9 Å². The predicted octanol–water partition coefficient (Wildman–Crippen LogP) is 3.41. The number of nitrogens with zero attached hydrogens (tertiary/aromatic N) is 3. The zero-order chi connectivity index (χ0) is 15.0. The fourth-order valence-corrected chi connectivity index (χ4v) is 3.17. The Labute approximate surface area is 126 Å². The Kier molecular flexibility index (Phi) is 3.53. The summed E-state index contributed by atoms with van der Waals surface area (Å²) in [5, 5.41) is 8.86. The molecule has 1 aliphatic rings. The van der Waals surface area contributed by atoms with Crippen LogP contribution in [0.25, 0.3) is 11.3 Å². The molecule has 0 spiro atoms. The van der Waals surface area contributed by atoms with Gasteiger partial charge in [-0.2, -0.15) is 0 Å². The topological polar surface area (TPSA) is 55.0 Å². The second-order valence-electron chi connectivity index (χ2n) is 6.03. The molecule has 0 amide bonds. The van der Waals surface area contributed by atoms with Crippen LogP contribution in [0.4, 0.5) is 11.5 Å². The Bertz CT molecular complexity index is 626. The van der Waals surface area contributed by atoms with Gasteiger partial charge in [0, 0.05) is 23.3 Å². The quantitative estimate of drug-likeness (QED) is 0.858. The van der Waals surface area contributed by atoms with Crippen LogP contribution in [0, 0.1) is 6.92 Å². The van der Waals surface area contributed by atoms with Crippen LogP contribution >= 0.6 is 0 Å². The lowest BCUT2D eigenvalue weighted by molar-refractivity contribution is 0.676. The van der Waals surface area contributed by atoms with Crippen molar-refractivity contribution in [3.63, 3.8) is 0 Å². The smallest absolute Gasteiger partial charge is 0.151 e. The van der Waals surface area contributed by atoms with Gasteiger partial charge in [0.05, 0.1) is 5.69 Å². The summed E-state index contributed by atoms with van der Waals surface area (Å²) in [5.41, 5.74) is 9.72. The molecule has 4 nitrogen and oxygen atoms in total. The standard InChI is InChI=1S/C17H22N4/c1-11-4-7-14(18)10-15(11)16-8-9-17(20-19-16)21-12(2)5-6-13(21)3/h4,7-10,12-13H,5-6,18H2,1-3H3/t12-,13?/m0/s1. The van der Waals surface area contributed by atoms with E-state index in [9.17, 15) is 0 Å². The van der Waals surface area contributed by atoms with Crippen molar-refractivity contribution in [2.24, 2.45) is 0 Å². The lowest BCUT2D eigenvalue weighted by Crippen LogP contribution is -2.33. The van der Waals surface area contributed by atoms with Crippen molar-refractivity contribution in [1.29, 1.82) is 0 Å². The van der Waals surface area contributed by atoms with Crippen molar-refractivity contribution in [3.05, 3.63) is 35.9 Å². The van der Waals surface area contributed by atoms with Gasteiger partial charge in [0.25, 0.3) is 0 Å². The Morgan fingerprint density at radius 1 is 1.05 bits per heavy atom. The van der Waals surface area contributed by atoms with E-state index >= 15 is 0 Å². The van der Waals surface area contributed by atoms with Gasteiger partial charge in [-0.25, -0.2) is 0 Å². The Morgan fingerprint density at radius 3 is 2.38 bits per heavy atom. The van der Waals surface area contributed by atoms with Crippen molar-refractivity contribution in [3.8, 4) is 11.3 Å². The van der Waals surface area contributed by atoms with Crippen molar-refractivity contribution >= 4 is 11.5 Å². The molecule has 110 valence electrons. The molecule has 1 aliphatic heterocycles. The molecule has 4 heteroatoms. The number of hydrogen-bond acceptors (Lipinski definition) is 4. The summed E-state index contributed by atoms with van der Waals surface area (Å²) in [4.78, 5) is 2.36. The molecule has 0 radical (unpaired) electrons. The molecule has 1 fully saturated rings. The van der Waals surface area contributed by atoms with Crippen LogP contribution in [0.15, 0.2) is 30.3 Å². The van der Waals surface area contributed by atoms with E-state index in [0.29, 0.717) is 12.1 Å². The molecule has 2 aromatic rings. The highest BCUT2D eigenvalue weighted by Crippen LogP contribution is 2.30. The van der Waals surface area contributed by atoms with Crippen molar-refractivity contribution < 1.29 is 0 Å². The van der Waals surface area contributed by atoms with Gasteiger partial charge in [0.1, 0.15) is 0 Å². The van der Waals surface area contributed by atoms with Gasteiger partial charge in [-0.1, -0.05) is 6.07 Å². The number of aryl methyl sites for hydroxylation is 1. The summed E-state index contributed by atoms with van der Waals surface area (Å²) >= 11 is 0. The molecular weight excluding hydrogens is 260 g/mol. The molecular formula is C17H22N4. The maximum Gasteiger partial charge on any atom is 0.151 e. The third kappa shape index (κ3) is 2.58. The highest BCUT2D eigenvalue weighted by Gasteiger charge is 2.28. The summed E-state index contributed by atoms with van der Waals surface area (Å²) in [7, 11) is 0. The van der Waals surface area contributed by atoms with Gasteiger partial charge in [-0.05, 0) is 63.4 Å². The first kappa shape index (κ1) is 13.9. The predicted molar refractivity (Wildman–Crippen MR) is 87.3 cm³/mol. The maximum atomic E-state index is 5.87. The first-order chi connectivity index (χ1) is 10.1. The molecule has 3 rings (SSSR count). The number of hydrogen-bond donors (Lipinski definition) is 1. The average Bonchev–Trinajstić information content (AvgIpc) is 2.81. The summed E-state index contributed by atoms with van der Waals surface area (Å²) in [5.74, 6) is 0.970. The van der Waals surface area contributed by atoms with Crippen LogP contribution < -0.4 is 10.6 Å². The number of nitrogens with two attached hydrogens (primary N) is 1. The third-order valence-corrected chi connectivity index (χ3v) is 4.40. The number of nitrogen functional groups attached to an aromatic ring is 1. The monoisotopic (exact) mass is 282 g/mol. The normalized spacial score (nSPS) is 21.8. The molecule has 0 saturated carbocycles. The largest absolute Gasteiger partial charge is 0.399 e. The van der Waals surface area contributed by atoms with Crippen molar-refractivity contribution in [2.75, 3.05) is 10.6 Å². The van der Waals surface area contributed by atoms with Crippen LogP contribution in [0.5, 0.6) is 0 Å². The summed E-state index contributed by atoms with van der Waals surface area (Å²) < 4.78 is 0. The second kappa shape index (κ2) is 5.35. The molecule has 21 heavy (non-hydrogen) atoms. The molecule has 2 heterocycles. The van der Waals surface area contributed by atoms with E-state index in [1.807, 2.05) is 24.3 Å². The lowest BCUT2D eigenvalue weighted by Gasteiger charge is -2.26. The Balaban J connectivity index is 1.92. The van der Waals surface area contributed by atoms with Gasteiger partial charge in [-0.15, -0.1) is 10.2 Å². The minimum atomic E-state index is 0.536. The van der Waals surface area contributed by atoms with E-state index in [0.717, 1.165) is 28.3 Å². The molecule has 2 atom stereocenters. The number of rotatable bonds is 2. The minimum Gasteiger partial charge on any atom is -0.399 e. The van der Waals surface area contributed by atoms with Crippen molar-refractivity contribution in [2.45, 2.75) is 45.7 Å². The van der Waals surface area contributed by atoms with Gasteiger partial charge in [0.15, 0.2) is 5.82 Å². The fourth-order valence-electron chi connectivity index (χ4n) is 3.17. The van der Waals surface area contributed by atoms with Crippen LogP contribution in [0.3, 0.4) is 0 Å². The van der Waals surface area contributed by atoms with E-state index < -0.39 is 0 Å². The highest BCUT2D eigenvalue weighted by molar-refractivity contribution is 5.68. The SMILES string of the molecule is Cc1ccc(N)cc1-c1ccc(N2C(C)CC[C@@H]2C)nn1. The van der Waals surface area contributed by atoms with Gasteiger partial charge in [0.2, 0.25) is 0 Å². The number of benzene rings is 1. The highest BCUT2D eigenvalue weighted by atomic mass is 15.3. The fraction of sp³-hybridized carbons (Fsp3) is 0.412. The third-order valence-electron chi connectivity index (χ3n) is 4.40. The molecule has 0 bridgehead atoms. The lowest BCUT2D eigenvalue weighted by atomic mass is 10.0. The first-order valence-corrected chi connectivity index (χ1v) is 7.55. The van der Waals surface area contributed by atoms with Crippen LogP contribution in [-0.4, -0.2) is 22.3 Å². The molecule has 1 aromatic heterocycles. The van der Waals surface area contributed by atoms with Gasteiger partial charge < -0.3 is 10.6 Å². The van der Waals surface area contributed by atoms with Gasteiger partial charge in [-0.3, -0.25) is 0 Å². The van der Waals surface area contributed by atoms with Crippen LogP contribution in [-0.2, 0) is 0 Å². The zero-order valence-electron chi connectivity index (χ0n) is 12.9. The molecule has 2 N–H and O–H groups in total. The first-order valence-electron chi connectivity index (χ1n) is 7.55. The number of anilines is 2. The molecule has 1 saturated heterocycles. The molecule has 0 aliphatic carbocycles. The van der Waals surface area contributed by atoms with E-state index in [1.54, 1.807) is 0 Å². The summed E-state index contributed by atoms with van der Waals surface area (Å²) in [6.45, 7) is 6.57. The molecule has 1 aromatic carbocycles. The summed E-state index contributed by atoms with van der Waals surface area (Å²) in [6.07, 6.45) is 2.44. The minimum absolute atomic E-state index is 0.536.